The lowest BCUT2D eigenvalue weighted by Crippen LogP contribution is -2.41. The van der Waals surface area contributed by atoms with E-state index in [0.29, 0.717) is 50.0 Å². The first-order valence-electron chi connectivity index (χ1n) is 17.5. The smallest absolute Gasteiger partial charge is 0.264 e. The normalized spacial score (nSPS) is 16.9. The molecule has 11 nitrogen and oxygen atoms in total. The van der Waals surface area contributed by atoms with E-state index >= 15 is 0 Å². The van der Waals surface area contributed by atoms with Crippen molar-refractivity contribution in [2.75, 3.05) is 33.4 Å². The predicted molar refractivity (Wildman–Crippen MR) is 194 cm³/mol. The highest BCUT2D eigenvalue weighted by molar-refractivity contribution is 7.90. The van der Waals surface area contributed by atoms with E-state index < -0.39 is 21.2 Å². The summed E-state index contributed by atoms with van der Waals surface area (Å²) in [5.41, 5.74) is 8.26. The maximum Gasteiger partial charge on any atom is 0.264 e. The molecular weight excluding hydrogens is 655 g/mol. The average Bonchev–Trinajstić information content (AvgIpc) is 3.53. The summed E-state index contributed by atoms with van der Waals surface area (Å²) < 4.78 is 42.9. The topological polar surface area (TPSA) is 125 Å². The third kappa shape index (κ3) is 6.02. The van der Waals surface area contributed by atoms with E-state index in [1.807, 2.05) is 43.1 Å². The van der Waals surface area contributed by atoms with Gasteiger partial charge in [0.05, 0.1) is 54.8 Å². The molecule has 0 atom stereocenters. The minimum Gasteiger partial charge on any atom is -0.497 e. The van der Waals surface area contributed by atoms with Gasteiger partial charge < -0.3 is 18.9 Å². The molecule has 7 rings (SSSR count). The van der Waals surface area contributed by atoms with Crippen LogP contribution in [0.4, 0.5) is 0 Å². The summed E-state index contributed by atoms with van der Waals surface area (Å²) in [6.07, 6.45) is 7.75. The van der Waals surface area contributed by atoms with Gasteiger partial charge in [0.15, 0.2) is 0 Å². The Hall–Kier alpha value is -4.42. The summed E-state index contributed by atoms with van der Waals surface area (Å²) in [5.74, 6) is 0.304. The lowest BCUT2D eigenvalue weighted by molar-refractivity contribution is 0.0302. The Balaban J connectivity index is 1.47. The van der Waals surface area contributed by atoms with Gasteiger partial charge >= 0.3 is 0 Å². The van der Waals surface area contributed by atoms with Gasteiger partial charge in [-0.3, -0.25) is 14.3 Å². The molecule has 1 aliphatic carbocycles. The molecular formula is C38H45N5O6S. The summed E-state index contributed by atoms with van der Waals surface area (Å²) in [7, 11) is -0.304. The number of nitrogens with one attached hydrogen (secondary N) is 1. The SMILES string of the molecule is COc1ccc2c(c1)C=C(c1c(C(=O)N3CCOCC3)c(C)nn1C)Cn1c-2c(C2CCCCC2)c2ccc(C(=O)NS(=O)(=O)C(C)C)cc21. The third-order valence-corrected chi connectivity index (χ3v) is 12.2. The molecule has 264 valence electrons. The van der Waals surface area contributed by atoms with E-state index in [2.05, 4.69) is 21.4 Å². The van der Waals surface area contributed by atoms with Crippen molar-refractivity contribution in [3.05, 3.63) is 70.0 Å². The average molecular weight is 700 g/mol. The highest BCUT2D eigenvalue weighted by atomic mass is 32.2. The molecule has 2 aromatic carbocycles. The number of fused-ring (bicyclic) bond motifs is 5. The quantitative estimate of drug-likeness (QED) is 0.255. The van der Waals surface area contributed by atoms with E-state index in [0.717, 1.165) is 70.4 Å². The van der Waals surface area contributed by atoms with Crippen molar-refractivity contribution in [3.8, 4) is 17.0 Å². The lowest BCUT2D eigenvalue weighted by Gasteiger charge is -2.27. The number of methoxy groups -OCH3 is 1. The van der Waals surface area contributed by atoms with Gasteiger partial charge in [-0.15, -0.1) is 0 Å². The number of hydrogen-bond acceptors (Lipinski definition) is 7. The first kappa shape index (κ1) is 34.0. The van der Waals surface area contributed by atoms with E-state index in [1.54, 1.807) is 31.7 Å². The summed E-state index contributed by atoms with van der Waals surface area (Å²) >= 11 is 0. The van der Waals surface area contributed by atoms with Crippen LogP contribution in [0.5, 0.6) is 5.75 Å². The monoisotopic (exact) mass is 699 g/mol. The zero-order chi connectivity index (χ0) is 35.3. The van der Waals surface area contributed by atoms with Gasteiger partial charge in [0, 0.05) is 42.2 Å². The first-order valence-corrected chi connectivity index (χ1v) is 19.0. The first-order chi connectivity index (χ1) is 24.0. The number of carbonyl (C=O) groups excluding carboxylic acids is 2. The van der Waals surface area contributed by atoms with Crippen LogP contribution in [-0.4, -0.2) is 78.1 Å². The molecule has 4 heterocycles. The van der Waals surface area contributed by atoms with E-state index in [-0.39, 0.29) is 11.5 Å². The Labute approximate surface area is 293 Å². The number of amides is 2. The van der Waals surface area contributed by atoms with Gasteiger partial charge in [0.1, 0.15) is 5.75 Å². The second-order valence-electron chi connectivity index (χ2n) is 13.9. The fourth-order valence-electron chi connectivity index (χ4n) is 7.84. The zero-order valence-corrected chi connectivity index (χ0v) is 30.2. The van der Waals surface area contributed by atoms with Crippen LogP contribution in [0.2, 0.25) is 0 Å². The van der Waals surface area contributed by atoms with Gasteiger partial charge in [0.25, 0.3) is 11.8 Å². The second kappa shape index (κ2) is 13.4. The summed E-state index contributed by atoms with van der Waals surface area (Å²) in [5, 5.41) is 5.05. The molecule has 4 aromatic rings. The van der Waals surface area contributed by atoms with Crippen molar-refractivity contribution in [2.24, 2.45) is 7.05 Å². The van der Waals surface area contributed by atoms with Crippen LogP contribution in [0, 0.1) is 6.92 Å². The van der Waals surface area contributed by atoms with Gasteiger partial charge in [-0.25, -0.2) is 13.1 Å². The minimum absolute atomic E-state index is 0.0734. The molecule has 2 aromatic heterocycles. The highest BCUT2D eigenvalue weighted by Gasteiger charge is 2.33. The van der Waals surface area contributed by atoms with Crippen molar-refractivity contribution >= 4 is 44.4 Å². The predicted octanol–water partition coefficient (Wildman–Crippen LogP) is 5.90. The van der Waals surface area contributed by atoms with Gasteiger partial charge in [-0.1, -0.05) is 25.3 Å². The molecule has 2 amide bonds. The summed E-state index contributed by atoms with van der Waals surface area (Å²) in [6.45, 7) is 7.37. The molecule has 0 spiro atoms. The molecule has 3 aliphatic rings. The van der Waals surface area contributed by atoms with Gasteiger partial charge in [0.2, 0.25) is 10.0 Å². The molecule has 1 saturated carbocycles. The number of ether oxygens (including phenoxy) is 2. The van der Waals surface area contributed by atoms with Crippen LogP contribution in [0.1, 0.15) is 95.1 Å². The number of allylic oxidation sites excluding steroid dienone is 1. The van der Waals surface area contributed by atoms with Gasteiger partial charge in [-0.05, 0) is 92.6 Å². The molecule has 2 aliphatic heterocycles. The van der Waals surface area contributed by atoms with Crippen molar-refractivity contribution in [1.29, 1.82) is 0 Å². The van der Waals surface area contributed by atoms with E-state index in [4.69, 9.17) is 14.6 Å². The minimum atomic E-state index is -3.83. The molecule has 12 heteroatoms. The molecule has 50 heavy (non-hydrogen) atoms. The molecule has 0 bridgehead atoms. The van der Waals surface area contributed by atoms with Crippen LogP contribution in [0.15, 0.2) is 36.4 Å². The Morgan fingerprint density at radius 2 is 1.76 bits per heavy atom. The number of hydrogen-bond donors (Lipinski definition) is 1. The number of morpholine rings is 1. The van der Waals surface area contributed by atoms with Crippen LogP contribution in [-0.2, 0) is 28.4 Å². The maximum atomic E-state index is 14.1. The van der Waals surface area contributed by atoms with Crippen LogP contribution >= 0.6 is 0 Å². The van der Waals surface area contributed by atoms with Crippen molar-refractivity contribution in [3.63, 3.8) is 0 Å². The van der Waals surface area contributed by atoms with E-state index in [1.165, 1.54) is 12.0 Å². The highest BCUT2D eigenvalue weighted by Crippen LogP contribution is 2.48. The second-order valence-corrected chi connectivity index (χ2v) is 16.1. The fraction of sp³-hybridized carbons (Fsp3) is 0.447. The maximum absolute atomic E-state index is 14.1. The number of sulfonamides is 1. The molecule has 0 unspecified atom stereocenters. The van der Waals surface area contributed by atoms with Crippen LogP contribution in [0.25, 0.3) is 33.8 Å². The van der Waals surface area contributed by atoms with Crippen LogP contribution < -0.4 is 9.46 Å². The standard InChI is InChI=1S/C38H45N5O6S/c1-23(2)50(46,47)40-37(44)26-11-13-31-32(21-26)43-22-28(35-33(24(3)39-41(35)4)38(45)42-15-17-49-18-16-42)19-27-20-29(48-5)12-14-30(27)36(43)34(31)25-9-7-6-8-10-25/h11-14,19-21,23,25H,6-10,15-18,22H2,1-5H3,(H,40,44). The third-order valence-electron chi connectivity index (χ3n) is 10.4. The number of benzene rings is 2. The number of rotatable bonds is 7. The Bertz CT molecular complexity index is 2130. The number of aromatic nitrogens is 3. The van der Waals surface area contributed by atoms with Crippen molar-refractivity contribution < 1.29 is 27.5 Å². The number of carbonyl (C=O) groups is 2. The zero-order valence-electron chi connectivity index (χ0n) is 29.4. The molecule has 0 radical (unpaired) electrons. The largest absolute Gasteiger partial charge is 0.497 e. The molecule has 1 N–H and O–H groups in total. The Morgan fingerprint density at radius 1 is 1.02 bits per heavy atom. The summed E-state index contributed by atoms with van der Waals surface area (Å²) in [4.78, 5) is 29.4. The molecule has 1 saturated heterocycles. The molecule has 2 fully saturated rings. The lowest BCUT2D eigenvalue weighted by atomic mass is 9.81. The summed E-state index contributed by atoms with van der Waals surface area (Å²) in [6, 6.07) is 11.6. The van der Waals surface area contributed by atoms with Crippen molar-refractivity contribution in [2.45, 2.75) is 70.6 Å². The number of aryl methyl sites for hydroxylation is 2. The van der Waals surface area contributed by atoms with Crippen LogP contribution in [0.3, 0.4) is 0 Å². The fourth-order valence-corrected chi connectivity index (χ4v) is 8.45. The van der Waals surface area contributed by atoms with Crippen molar-refractivity contribution in [1.82, 2.24) is 24.0 Å². The van der Waals surface area contributed by atoms with Gasteiger partial charge in [-0.2, -0.15) is 5.10 Å². The number of nitrogens with zero attached hydrogens (tertiary/aromatic N) is 4. The van der Waals surface area contributed by atoms with E-state index in [9.17, 15) is 18.0 Å². The Morgan fingerprint density at radius 3 is 2.46 bits per heavy atom. The Kier molecular flexibility index (Phi) is 9.10.